The predicted octanol–water partition coefficient (Wildman–Crippen LogP) is 3.53. The summed E-state index contributed by atoms with van der Waals surface area (Å²) in [7, 11) is 4.25. The van der Waals surface area contributed by atoms with Crippen LogP contribution in [-0.2, 0) is 6.54 Å². The van der Waals surface area contributed by atoms with Gasteiger partial charge in [-0.3, -0.25) is 0 Å². The number of hydrogen-bond donors (Lipinski definition) is 0. The van der Waals surface area contributed by atoms with E-state index in [0.29, 0.717) is 5.92 Å². The van der Waals surface area contributed by atoms with Crippen LogP contribution in [0.15, 0.2) is 24.8 Å². The smallest absolute Gasteiger partial charge is 0.140 e. The van der Waals surface area contributed by atoms with Crippen molar-refractivity contribution >= 4 is 27.4 Å². The maximum atomic E-state index is 4.72. The minimum absolute atomic E-state index is 0.456. The quantitative estimate of drug-likeness (QED) is 0.651. The minimum Gasteiger partial charge on any atom is -0.355 e. The van der Waals surface area contributed by atoms with Crippen molar-refractivity contribution in [2.45, 2.75) is 38.6 Å². The topological polar surface area (TPSA) is 50.1 Å². The van der Waals surface area contributed by atoms with Crippen LogP contribution < -0.4 is 4.90 Å². The van der Waals surface area contributed by atoms with Gasteiger partial charge in [0.1, 0.15) is 22.8 Å². The van der Waals surface area contributed by atoms with Crippen molar-refractivity contribution in [1.82, 2.24) is 24.4 Å². The van der Waals surface area contributed by atoms with Crippen LogP contribution in [0.4, 0.5) is 5.82 Å². The standard InChI is InChI=1S/C20H28N6S/c1-15-12-17-19(22-14-23-20(17)27-15)26-9-4-6-16(13-26)18-21-7-11-25(18)10-5-8-24(2)3/h7,11-12,14,16H,4-6,8-10,13H2,1-3H3. The molecular weight excluding hydrogens is 356 g/mol. The Labute approximate surface area is 164 Å². The second-order valence-corrected chi connectivity index (χ2v) is 8.93. The number of nitrogens with zero attached hydrogens (tertiary/aromatic N) is 6. The monoisotopic (exact) mass is 384 g/mol. The van der Waals surface area contributed by atoms with Gasteiger partial charge in [-0.15, -0.1) is 11.3 Å². The van der Waals surface area contributed by atoms with Crippen LogP contribution >= 0.6 is 11.3 Å². The molecule has 4 rings (SSSR count). The van der Waals surface area contributed by atoms with E-state index < -0.39 is 0 Å². The van der Waals surface area contributed by atoms with Gasteiger partial charge in [-0.25, -0.2) is 15.0 Å². The number of hydrogen-bond acceptors (Lipinski definition) is 6. The fourth-order valence-electron chi connectivity index (χ4n) is 4.02. The molecule has 1 saturated heterocycles. The van der Waals surface area contributed by atoms with E-state index in [4.69, 9.17) is 4.98 Å². The normalized spacial score (nSPS) is 17.9. The molecule has 1 atom stereocenters. The van der Waals surface area contributed by atoms with Gasteiger partial charge in [0.2, 0.25) is 0 Å². The molecule has 27 heavy (non-hydrogen) atoms. The van der Waals surface area contributed by atoms with Crippen molar-refractivity contribution < 1.29 is 0 Å². The Hall–Kier alpha value is -1.99. The molecule has 6 nitrogen and oxygen atoms in total. The first-order chi connectivity index (χ1) is 13.1. The van der Waals surface area contributed by atoms with Crippen LogP contribution in [0.1, 0.15) is 35.9 Å². The van der Waals surface area contributed by atoms with Crippen LogP contribution in [0.2, 0.25) is 0 Å². The Kier molecular flexibility index (Phi) is 5.41. The second-order valence-electron chi connectivity index (χ2n) is 7.69. The van der Waals surface area contributed by atoms with Crippen molar-refractivity contribution in [2.24, 2.45) is 0 Å². The largest absolute Gasteiger partial charge is 0.355 e. The molecule has 1 aliphatic rings. The summed E-state index contributed by atoms with van der Waals surface area (Å²) in [5, 5.41) is 1.19. The molecule has 0 amide bonds. The summed E-state index contributed by atoms with van der Waals surface area (Å²) in [5.41, 5.74) is 0. The highest BCUT2D eigenvalue weighted by molar-refractivity contribution is 7.18. The zero-order chi connectivity index (χ0) is 18.8. The van der Waals surface area contributed by atoms with E-state index in [1.54, 1.807) is 17.7 Å². The van der Waals surface area contributed by atoms with Gasteiger partial charge in [0, 0.05) is 42.8 Å². The van der Waals surface area contributed by atoms with E-state index in [1.807, 2.05) is 6.20 Å². The highest BCUT2D eigenvalue weighted by atomic mass is 32.1. The second kappa shape index (κ2) is 7.94. The summed E-state index contributed by atoms with van der Waals surface area (Å²) < 4.78 is 2.35. The summed E-state index contributed by atoms with van der Waals surface area (Å²) >= 11 is 1.74. The van der Waals surface area contributed by atoms with Gasteiger partial charge in [-0.1, -0.05) is 0 Å². The molecule has 0 aliphatic carbocycles. The van der Waals surface area contributed by atoms with Gasteiger partial charge in [0.25, 0.3) is 0 Å². The lowest BCUT2D eigenvalue weighted by molar-refractivity contribution is 0.380. The van der Waals surface area contributed by atoms with Crippen LogP contribution in [0.5, 0.6) is 0 Å². The lowest BCUT2D eigenvalue weighted by Gasteiger charge is -2.33. The maximum absolute atomic E-state index is 4.72. The minimum atomic E-state index is 0.456. The lowest BCUT2D eigenvalue weighted by Crippen LogP contribution is -2.36. The highest BCUT2D eigenvalue weighted by Crippen LogP contribution is 2.34. The third-order valence-corrected chi connectivity index (χ3v) is 6.23. The molecule has 4 heterocycles. The average molecular weight is 385 g/mol. The molecule has 0 radical (unpaired) electrons. The molecule has 0 aromatic carbocycles. The first kappa shape index (κ1) is 18.4. The molecule has 0 bridgehead atoms. The molecule has 0 spiro atoms. The molecule has 3 aromatic heterocycles. The molecule has 1 aliphatic heterocycles. The summed E-state index contributed by atoms with van der Waals surface area (Å²) in [5.74, 6) is 2.77. The van der Waals surface area contributed by atoms with Crippen LogP contribution in [0.3, 0.4) is 0 Å². The Balaban J connectivity index is 1.53. The van der Waals surface area contributed by atoms with E-state index in [2.05, 4.69) is 57.6 Å². The molecule has 1 fully saturated rings. The van der Waals surface area contributed by atoms with Crippen molar-refractivity contribution in [3.05, 3.63) is 35.5 Å². The molecule has 0 saturated carbocycles. The molecule has 1 unspecified atom stereocenters. The van der Waals surface area contributed by atoms with E-state index in [1.165, 1.54) is 28.9 Å². The van der Waals surface area contributed by atoms with Gasteiger partial charge in [0.15, 0.2) is 0 Å². The van der Waals surface area contributed by atoms with Gasteiger partial charge in [-0.2, -0.15) is 0 Å². The number of imidazole rings is 1. The van der Waals surface area contributed by atoms with Crippen molar-refractivity contribution in [3.8, 4) is 0 Å². The van der Waals surface area contributed by atoms with E-state index in [0.717, 1.165) is 43.2 Å². The molecular formula is C20H28N6S. The van der Waals surface area contributed by atoms with Gasteiger partial charge in [-0.05, 0) is 52.9 Å². The Morgan fingerprint density at radius 2 is 2.15 bits per heavy atom. The SMILES string of the molecule is Cc1cc2c(N3CCCC(c4nccn4CCCN(C)C)C3)ncnc2s1. The summed E-state index contributed by atoms with van der Waals surface area (Å²) in [6, 6.07) is 2.22. The summed E-state index contributed by atoms with van der Waals surface area (Å²) in [4.78, 5) is 20.9. The van der Waals surface area contributed by atoms with Crippen LogP contribution in [-0.4, -0.2) is 58.1 Å². The van der Waals surface area contributed by atoms with Crippen LogP contribution in [0.25, 0.3) is 10.2 Å². The first-order valence-electron chi connectivity index (χ1n) is 9.73. The predicted molar refractivity (Wildman–Crippen MR) is 112 cm³/mol. The third-order valence-electron chi connectivity index (χ3n) is 5.27. The van der Waals surface area contributed by atoms with Crippen molar-refractivity contribution in [3.63, 3.8) is 0 Å². The van der Waals surface area contributed by atoms with E-state index in [-0.39, 0.29) is 0 Å². The maximum Gasteiger partial charge on any atom is 0.140 e. The number of thiophene rings is 1. The zero-order valence-corrected chi connectivity index (χ0v) is 17.2. The average Bonchev–Trinajstić information content (AvgIpc) is 3.26. The van der Waals surface area contributed by atoms with E-state index in [9.17, 15) is 0 Å². The molecule has 0 N–H and O–H groups in total. The van der Waals surface area contributed by atoms with Crippen LogP contribution in [0, 0.1) is 6.92 Å². The van der Waals surface area contributed by atoms with Crippen molar-refractivity contribution in [2.75, 3.05) is 38.6 Å². The lowest BCUT2D eigenvalue weighted by atomic mass is 9.97. The molecule has 144 valence electrons. The van der Waals surface area contributed by atoms with Gasteiger partial charge < -0.3 is 14.4 Å². The summed E-state index contributed by atoms with van der Waals surface area (Å²) in [6.45, 7) is 6.31. The number of fused-ring (bicyclic) bond motifs is 1. The third kappa shape index (κ3) is 3.99. The van der Waals surface area contributed by atoms with Gasteiger partial charge >= 0.3 is 0 Å². The number of aromatic nitrogens is 4. The Morgan fingerprint density at radius 3 is 3.00 bits per heavy atom. The van der Waals surface area contributed by atoms with E-state index >= 15 is 0 Å². The zero-order valence-electron chi connectivity index (χ0n) is 16.4. The number of anilines is 1. The Morgan fingerprint density at radius 1 is 1.26 bits per heavy atom. The summed E-state index contributed by atoms with van der Waals surface area (Å²) in [6.07, 6.45) is 9.30. The van der Waals surface area contributed by atoms with Gasteiger partial charge in [0.05, 0.1) is 5.39 Å². The number of aryl methyl sites for hydroxylation is 2. The number of piperidine rings is 1. The highest BCUT2D eigenvalue weighted by Gasteiger charge is 2.26. The fourth-order valence-corrected chi connectivity index (χ4v) is 4.86. The first-order valence-corrected chi connectivity index (χ1v) is 10.6. The molecule has 3 aromatic rings. The number of rotatable bonds is 6. The van der Waals surface area contributed by atoms with Crippen molar-refractivity contribution in [1.29, 1.82) is 0 Å². The Bertz CT molecular complexity index is 899. The molecule has 7 heteroatoms. The fraction of sp³-hybridized carbons (Fsp3) is 0.550.